The number of amides is 1. The van der Waals surface area contributed by atoms with E-state index < -0.39 is 0 Å². The summed E-state index contributed by atoms with van der Waals surface area (Å²) in [5.41, 5.74) is 3.92. The number of nitrogens with zero attached hydrogens (tertiary/aromatic N) is 2. The third-order valence-electron chi connectivity index (χ3n) is 3.90. The van der Waals surface area contributed by atoms with Gasteiger partial charge in [0, 0.05) is 24.4 Å². The summed E-state index contributed by atoms with van der Waals surface area (Å²) in [6.45, 7) is 6.49. The van der Waals surface area contributed by atoms with Gasteiger partial charge in [-0.1, -0.05) is 17.8 Å². The Hall–Kier alpha value is -1.73. The van der Waals surface area contributed by atoms with Crippen LogP contribution in [-0.2, 0) is 17.8 Å². The highest BCUT2D eigenvalue weighted by molar-refractivity contribution is 8.00. The molecule has 7 heteroatoms. The van der Waals surface area contributed by atoms with Crippen LogP contribution in [0.3, 0.4) is 0 Å². The van der Waals surface area contributed by atoms with Crippen molar-refractivity contribution in [2.45, 2.75) is 43.8 Å². The van der Waals surface area contributed by atoms with Crippen LogP contribution in [0.25, 0.3) is 0 Å². The Bertz CT molecular complexity index is 857. The second kappa shape index (κ2) is 7.66. The predicted molar refractivity (Wildman–Crippen MR) is 104 cm³/mol. The Balaban J connectivity index is 1.72. The summed E-state index contributed by atoms with van der Waals surface area (Å²) >= 11 is 2.90. The number of hydrogen-bond donors (Lipinski definition) is 1. The summed E-state index contributed by atoms with van der Waals surface area (Å²) < 4.78 is 1.66. The number of thioether (sulfide) groups is 2. The number of fused-ring (bicyclic) bond motifs is 1. The number of carbonyl (C=O) groups is 1. The number of rotatable bonds is 5. The van der Waals surface area contributed by atoms with E-state index in [9.17, 15) is 9.59 Å². The molecule has 1 aliphatic rings. The van der Waals surface area contributed by atoms with Gasteiger partial charge in [-0.2, -0.15) is 0 Å². The maximum absolute atomic E-state index is 12.5. The number of aryl methyl sites for hydroxylation is 3. The summed E-state index contributed by atoms with van der Waals surface area (Å²) in [6, 6.07) is 5.96. The number of benzene rings is 1. The van der Waals surface area contributed by atoms with Crippen molar-refractivity contribution >= 4 is 35.1 Å². The van der Waals surface area contributed by atoms with E-state index >= 15 is 0 Å². The van der Waals surface area contributed by atoms with Crippen LogP contribution in [0.1, 0.15) is 23.7 Å². The highest BCUT2D eigenvalue weighted by atomic mass is 32.2. The van der Waals surface area contributed by atoms with Gasteiger partial charge in [-0.05, 0) is 44.0 Å². The van der Waals surface area contributed by atoms with Crippen molar-refractivity contribution in [3.63, 3.8) is 0 Å². The van der Waals surface area contributed by atoms with Gasteiger partial charge >= 0.3 is 0 Å². The molecule has 0 radical (unpaired) electrons. The number of anilines is 1. The molecule has 0 unspecified atom stereocenters. The molecule has 3 rings (SSSR count). The van der Waals surface area contributed by atoms with Gasteiger partial charge in [-0.15, -0.1) is 11.8 Å². The minimum atomic E-state index is -0.0956. The van der Waals surface area contributed by atoms with Gasteiger partial charge in [0.2, 0.25) is 5.91 Å². The van der Waals surface area contributed by atoms with Crippen molar-refractivity contribution in [3.05, 3.63) is 45.4 Å². The molecule has 0 spiro atoms. The molecule has 1 amide bonds. The zero-order valence-electron chi connectivity index (χ0n) is 14.6. The van der Waals surface area contributed by atoms with Gasteiger partial charge in [-0.3, -0.25) is 14.2 Å². The molecular weight excluding hydrogens is 354 g/mol. The standard InChI is InChI=1S/C18H21N3O2S2/c1-4-21-17(23)16-14(5-6-24-16)20-18(21)25-10-15(22)19-13-8-11(2)7-12(3)9-13/h7-9H,4-6,10H2,1-3H3,(H,19,22). The van der Waals surface area contributed by atoms with Gasteiger partial charge in [0.15, 0.2) is 5.16 Å². The van der Waals surface area contributed by atoms with Crippen LogP contribution in [-0.4, -0.2) is 27.0 Å². The largest absolute Gasteiger partial charge is 0.325 e. The molecule has 2 heterocycles. The van der Waals surface area contributed by atoms with Crippen molar-refractivity contribution in [2.75, 3.05) is 16.8 Å². The van der Waals surface area contributed by atoms with E-state index in [1.54, 1.807) is 16.3 Å². The smallest absolute Gasteiger partial charge is 0.268 e. The lowest BCUT2D eigenvalue weighted by atomic mass is 10.1. The van der Waals surface area contributed by atoms with Crippen LogP contribution in [0.15, 0.2) is 33.0 Å². The zero-order valence-corrected chi connectivity index (χ0v) is 16.2. The van der Waals surface area contributed by atoms with Crippen molar-refractivity contribution in [3.8, 4) is 0 Å². The van der Waals surface area contributed by atoms with E-state index in [2.05, 4.69) is 16.4 Å². The molecule has 1 N–H and O–H groups in total. The average molecular weight is 376 g/mol. The fourth-order valence-electron chi connectivity index (χ4n) is 2.89. The topological polar surface area (TPSA) is 64.0 Å². The van der Waals surface area contributed by atoms with Crippen LogP contribution in [0.2, 0.25) is 0 Å². The number of carbonyl (C=O) groups excluding carboxylic acids is 1. The Morgan fingerprint density at radius 2 is 2.04 bits per heavy atom. The quantitative estimate of drug-likeness (QED) is 0.642. The van der Waals surface area contributed by atoms with Crippen LogP contribution in [0, 0.1) is 13.8 Å². The Labute approximate surface area is 155 Å². The molecule has 132 valence electrons. The zero-order chi connectivity index (χ0) is 18.0. The molecular formula is C18H21N3O2S2. The lowest BCUT2D eigenvalue weighted by molar-refractivity contribution is -0.113. The van der Waals surface area contributed by atoms with Crippen LogP contribution in [0.5, 0.6) is 0 Å². The SMILES string of the molecule is CCn1c(SCC(=O)Nc2cc(C)cc(C)c2)nc2c(c1=O)SCC2. The Kier molecular flexibility index (Phi) is 5.54. The first-order valence-electron chi connectivity index (χ1n) is 8.25. The van der Waals surface area contributed by atoms with Crippen LogP contribution < -0.4 is 10.9 Å². The molecule has 1 aromatic carbocycles. The number of aromatic nitrogens is 2. The molecule has 0 bridgehead atoms. The summed E-state index contributed by atoms with van der Waals surface area (Å²) in [4.78, 5) is 30.2. The molecule has 1 aromatic heterocycles. The third kappa shape index (κ3) is 4.10. The Morgan fingerprint density at radius 1 is 1.32 bits per heavy atom. The number of hydrogen-bond acceptors (Lipinski definition) is 5. The molecule has 0 fully saturated rings. The van der Waals surface area contributed by atoms with Crippen molar-refractivity contribution in [2.24, 2.45) is 0 Å². The van der Waals surface area contributed by atoms with Gasteiger partial charge in [0.1, 0.15) is 0 Å². The van der Waals surface area contributed by atoms with E-state index in [1.807, 2.05) is 32.9 Å². The minimum Gasteiger partial charge on any atom is -0.325 e. The van der Waals surface area contributed by atoms with Gasteiger partial charge in [0.05, 0.1) is 16.3 Å². The summed E-state index contributed by atoms with van der Waals surface area (Å²) in [6.07, 6.45) is 0.822. The third-order valence-corrected chi connectivity index (χ3v) is 5.99. The van der Waals surface area contributed by atoms with Gasteiger partial charge < -0.3 is 5.32 Å². The molecule has 0 aliphatic carbocycles. The second-order valence-electron chi connectivity index (χ2n) is 6.03. The predicted octanol–water partition coefficient (Wildman–Crippen LogP) is 3.26. The number of nitrogens with one attached hydrogen (secondary N) is 1. The second-order valence-corrected chi connectivity index (χ2v) is 8.08. The van der Waals surface area contributed by atoms with Crippen molar-refractivity contribution in [1.82, 2.24) is 9.55 Å². The molecule has 0 saturated heterocycles. The molecule has 2 aromatic rings. The minimum absolute atomic E-state index is 0.0206. The summed E-state index contributed by atoms with van der Waals surface area (Å²) in [5.74, 6) is 1.04. The normalized spacial score (nSPS) is 12.9. The first-order chi connectivity index (χ1) is 12.0. The first kappa shape index (κ1) is 18.1. The lowest BCUT2D eigenvalue weighted by Gasteiger charge is -2.12. The average Bonchev–Trinajstić information content (AvgIpc) is 3.00. The first-order valence-corrected chi connectivity index (χ1v) is 10.2. The molecule has 25 heavy (non-hydrogen) atoms. The lowest BCUT2D eigenvalue weighted by Crippen LogP contribution is -2.25. The molecule has 0 saturated carbocycles. The fraction of sp³-hybridized carbons (Fsp3) is 0.389. The van der Waals surface area contributed by atoms with E-state index in [4.69, 9.17) is 0 Å². The highest BCUT2D eigenvalue weighted by Gasteiger charge is 2.21. The van der Waals surface area contributed by atoms with Crippen LogP contribution in [0.4, 0.5) is 5.69 Å². The highest BCUT2D eigenvalue weighted by Crippen LogP contribution is 2.28. The van der Waals surface area contributed by atoms with Gasteiger partial charge in [0.25, 0.3) is 5.56 Å². The summed E-state index contributed by atoms with van der Waals surface area (Å²) in [7, 11) is 0. The van der Waals surface area contributed by atoms with Crippen LogP contribution >= 0.6 is 23.5 Å². The fourth-order valence-corrected chi connectivity index (χ4v) is 4.81. The van der Waals surface area contributed by atoms with E-state index in [1.165, 1.54) is 11.8 Å². The molecule has 0 atom stereocenters. The molecule has 1 aliphatic heterocycles. The van der Waals surface area contributed by atoms with E-state index in [0.717, 1.165) is 39.6 Å². The van der Waals surface area contributed by atoms with E-state index in [0.29, 0.717) is 11.7 Å². The van der Waals surface area contributed by atoms with Crippen molar-refractivity contribution in [1.29, 1.82) is 0 Å². The van der Waals surface area contributed by atoms with Gasteiger partial charge in [-0.25, -0.2) is 4.98 Å². The molecule has 5 nitrogen and oxygen atoms in total. The van der Waals surface area contributed by atoms with E-state index in [-0.39, 0.29) is 17.2 Å². The maximum atomic E-state index is 12.5. The summed E-state index contributed by atoms with van der Waals surface area (Å²) in [5, 5.41) is 3.55. The Morgan fingerprint density at radius 3 is 2.72 bits per heavy atom. The van der Waals surface area contributed by atoms with Crippen molar-refractivity contribution < 1.29 is 4.79 Å². The maximum Gasteiger partial charge on any atom is 0.268 e. The monoisotopic (exact) mass is 375 g/mol.